The van der Waals surface area contributed by atoms with Crippen molar-refractivity contribution in [2.75, 3.05) is 26.2 Å². The van der Waals surface area contributed by atoms with Crippen LogP contribution in [0.3, 0.4) is 0 Å². The number of aliphatic hydroxyl groups excluding tert-OH is 1. The van der Waals surface area contributed by atoms with Gasteiger partial charge < -0.3 is 20.5 Å². The van der Waals surface area contributed by atoms with E-state index in [2.05, 4.69) is 24.5 Å². The molecule has 0 spiro atoms. The van der Waals surface area contributed by atoms with Crippen LogP contribution < -0.4 is 10.6 Å². The number of ether oxygens (including phenoxy) is 1. The molecule has 0 heterocycles. The van der Waals surface area contributed by atoms with Gasteiger partial charge in [0.2, 0.25) is 5.91 Å². The number of amides is 1. The number of carbonyl (C=O) groups excluding carboxylic acids is 1. The highest BCUT2D eigenvalue weighted by Gasteiger charge is 2.06. The molecule has 0 aliphatic heterocycles. The second-order valence-corrected chi connectivity index (χ2v) is 5.19. The molecular weight excluding hydrogens is 232 g/mol. The number of nitrogens with one attached hydrogen (secondary N) is 2. The summed E-state index contributed by atoms with van der Waals surface area (Å²) in [5.41, 5.74) is 0. The van der Waals surface area contributed by atoms with Crippen molar-refractivity contribution in [1.82, 2.24) is 10.6 Å². The smallest absolute Gasteiger partial charge is 0.221 e. The first-order valence-corrected chi connectivity index (χ1v) is 6.69. The van der Waals surface area contributed by atoms with Crippen LogP contribution in [0.2, 0.25) is 0 Å². The molecule has 0 aromatic heterocycles. The van der Waals surface area contributed by atoms with Crippen LogP contribution in [0.15, 0.2) is 0 Å². The molecule has 108 valence electrons. The molecule has 0 aliphatic carbocycles. The molecule has 5 heteroatoms. The van der Waals surface area contributed by atoms with Crippen LogP contribution in [-0.4, -0.2) is 49.5 Å². The number of aliphatic hydroxyl groups is 1. The molecule has 0 fully saturated rings. The van der Waals surface area contributed by atoms with E-state index in [0.29, 0.717) is 38.6 Å². The lowest BCUT2D eigenvalue weighted by Crippen LogP contribution is -2.34. The number of carbonyl (C=O) groups is 1. The van der Waals surface area contributed by atoms with E-state index in [1.165, 1.54) is 0 Å². The van der Waals surface area contributed by atoms with Crippen LogP contribution >= 0.6 is 0 Å². The lowest BCUT2D eigenvalue weighted by Gasteiger charge is -2.14. The summed E-state index contributed by atoms with van der Waals surface area (Å²) in [6, 6.07) is 0. The average Bonchev–Trinajstić information content (AvgIpc) is 2.29. The van der Waals surface area contributed by atoms with E-state index in [1.54, 1.807) is 0 Å². The molecule has 1 atom stereocenters. The van der Waals surface area contributed by atoms with Crippen LogP contribution in [0.25, 0.3) is 0 Å². The first-order valence-electron chi connectivity index (χ1n) is 6.69. The SMILES string of the molecule is CC(C)CNC(=O)CCNCC(O)COC(C)C. The zero-order valence-corrected chi connectivity index (χ0v) is 12.0. The molecular formula is C13H28N2O3. The van der Waals surface area contributed by atoms with Gasteiger partial charge in [-0.2, -0.15) is 0 Å². The molecule has 0 bridgehead atoms. The summed E-state index contributed by atoms with van der Waals surface area (Å²) in [5.74, 6) is 0.515. The van der Waals surface area contributed by atoms with E-state index in [1.807, 2.05) is 13.8 Å². The molecule has 3 N–H and O–H groups in total. The zero-order chi connectivity index (χ0) is 14.0. The maximum absolute atomic E-state index is 11.4. The Balaban J connectivity index is 3.41. The molecule has 1 unspecified atom stereocenters. The fourth-order valence-electron chi connectivity index (χ4n) is 1.24. The largest absolute Gasteiger partial charge is 0.389 e. The van der Waals surface area contributed by atoms with Crippen molar-refractivity contribution in [1.29, 1.82) is 0 Å². The summed E-state index contributed by atoms with van der Waals surface area (Å²) in [6.45, 7) is 10.0. The first-order chi connectivity index (χ1) is 8.41. The summed E-state index contributed by atoms with van der Waals surface area (Å²) < 4.78 is 5.28. The fraction of sp³-hybridized carbons (Fsp3) is 0.923. The van der Waals surface area contributed by atoms with Crippen LogP contribution in [0, 0.1) is 5.92 Å². The number of hydrogen-bond donors (Lipinski definition) is 3. The third-order valence-electron chi connectivity index (χ3n) is 2.24. The van der Waals surface area contributed by atoms with E-state index in [0.717, 1.165) is 0 Å². The van der Waals surface area contributed by atoms with Crippen molar-refractivity contribution in [2.45, 2.75) is 46.3 Å². The Kier molecular flexibility index (Phi) is 9.92. The van der Waals surface area contributed by atoms with E-state index in [4.69, 9.17) is 4.74 Å². The predicted octanol–water partition coefficient (Wildman–Crippen LogP) is 0.524. The van der Waals surface area contributed by atoms with Gasteiger partial charge in [-0.05, 0) is 19.8 Å². The van der Waals surface area contributed by atoms with Crippen LogP contribution in [0.5, 0.6) is 0 Å². The van der Waals surface area contributed by atoms with Gasteiger partial charge in [0.15, 0.2) is 0 Å². The standard InChI is InChI=1S/C13H28N2O3/c1-10(2)7-15-13(17)5-6-14-8-12(16)9-18-11(3)4/h10-12,14,16H,5-9H2,1-4H3,(H,15,17). The van der Waals surface area contributed by atoms with Crippen molar-refractivity contribution in [3.05, 3.63) is 0 Å². The van der Waals surface area contributed by atoms with Crippen molar-refractivity contribution < 1.29 is 14.6 Å². The van der Waals surface area contributed by atoms with Gasteiger partial charge in [-0.25, -0.2) is 0 Å². The van der Waals surface area contributed by atoms with Crippen molar-refractivity contribution in [3.8, 4) is 0 Å². The van der Waals surface area contributed by atoms with E-state index >= 15 is 0 Å². The first kappa shape index (κ1) is 17.4. The Labute approximate surface area is 110 Å². The van der Waals surface area contributed by atoms with E-state index in [-0.39, 0.29) is 12.0 Å². The monoisotopic (exact) mass is 260 g/mol. The van der Waals surface area contributed by atoms with Crippen LogP contribution in [0.4, 0.5) is 0 Å². The predicted molar refractivity (Wildman–Crippen MR) is 72.4 cm³/mol. The van der Waals surface area contributed by atoms with Crippen molar-refractivity contribution in [3.63, 3.8) is 0 Å². The molecule has 5 nitrogen and oxygen atoms in total. The molecule has 18 heavy (non-hydrogen) atoms. The summed E-state index contributed by atoms with van der Waals surface area (Å²) in [6.07, 6.45) is 0.0392. The molecule has 0 saturated carbocycles. The van der Waals surface area contributed by atoms with Gasteiger partial charge in [0.05, 0.1) is 18.8 Å². The molecule has 0 rings (SSSR count). The minimum Gasteiger partial charge on any atom is -0.389 e. The van der Waals surface area contributed by atoms with Crippen molar-refractivity contribution >= 4 is 5.91 Å². The zero-order valence-electron chi connectivity index (χ0n) is 12.0. The van der Waals surface area contributed by atoms with E-state index < -0.39 is 6.10 Å². The molecule has 0 aliphatic rings. The summed E-state index contributed by atoms with van der Waals surface area (Å²) in [5, 5.41) is 15.4. The third kappa shape index (κ3) is 11.8. The van der Waals surface area contributed by atoms with Gasteiger partial charge in [-0.3, -0.25) is 4.79 Å². The summed E-state index contributed by atoms with van der Waals surface area (Å²) >= 11 is 0. The Hall–Kier alpha value is -0.650. The Bertz CT molecular complexity index is 220. The molecule has 0 aromatic carbocycles. The normalized spacial score (nSPS) is 13.1. The third-order valence-corrected chi connectivity index (χ3v) is 2.24. The van der Waals surface area contributed by atoms with Gasteiger partial charge in [-0.1, -0.05) is 13.8 Å². The molecule has 0 saturated heterocycles. The second-order valence-electron chi connectivity index (χ2n) is 5.19. The minimum absolute atomic E-state index is 0.0455. The highest BCUT2D eigenvalue weighted by atomic mass is 16.5. The lowest BCUT2D eigenvalue weighted by molar-refractivity contribution is -0.121. The van der Waals surface area contributed by atoms with Crippen molar-refractivity contribution in [2.24, 2.45) is 5.92 Å². The lowest BCUT2D eigenvalue weighted by atomic mass is 10.2. The molecule has 0 radical (unpaired) electrons. The number of hydrogen-bond acceptors (Lipinski definition) is 4. The van der Waals surface area contributed by atoms with Gasteiger partial charge in [0.1, 0.15) is 0 Å². The molecule has 1 amide bonds. The van der Waals surface area contributed by atoms with Crippen LogP contribution in [0.1, 0.15) is 34.1 Å². The minimum atomic E-state index is -0.522. The van der Waals surface area contributed by atoms with Gasteiger partial charge in [-0.15, -0.1) is 0 Å². The highest BCUT2D eigenvalue weighted by Crippen LogP contribution is 1.91. The second kappa shape index (κ2) is 10.3. The van der Waals surface area contributed by atoms with Gasteiger partial charge >= 0.3 is 0 Å². The Morgan fingerprint density at radius 3 is 2.44 bits per heavy atom. The molecule has 0 aromatic rings. The quantitative estimate of drug-likeness (QED) is 0.501. The van der Waals surface area contributed by atoms with Crippen LogP contribution in [-0.2, 0) is 9.53 Å². The van der Waals surface area contributed by atoms with Gasteiger partial charge in [0, 0.05) is 26.1 Å². The summed E-state index contributed by atoms with van der Waals surface area (Å²) in [4.78, 5) is 11.4. The maximum atomic E-state index is 11.4. The van der Waals surface area contributed by atoms with Gasteiger partial charge in [0.25, 0.3) is 0 Å². The highest BCUT2D eigenvalue weighted by molar-refractivity contribution is 5.76. The average molecular weight is 260 g/mol. The Morgan fingerprint density at radius 2 is 1.89 bits per heavy atom. The topological polar surface area (TPSA) is 70.6 Å². The summed E-state index contributed by atoms with van der Waals surface area (Å²) in [7, 11) is 0. The number of rotatable bonds is 10. The fourth-order valence-corrected chi connectivity index (χ4v) is 1.24. The van der Waals surface area contributed by atoms with E-state index in [9.17, 15) is 9.90 Å². The Morgan fingerprint density at radius 1 is 1.22 bits per heavy atom. The maximum Gasteiger partial charge on any atom is 0.221 e.